The van der Waals surface area contributed by atoms with E-state index in [0.717, 1.165) is 101 Å². The zero-order chi connectivity index (χ0) is 53.1. The standard InChI is InChI=1S/C72H46B2N4O2S/c1-6-23-47(24-7-1)75(48-25-8-2-9-26-48)52-41-63-70-67(43-52)79-66-40-21-18-36-57(66)74(70)58-45-59-68(46-62(58)78(63)61-38-22-34-55-54-33-16-20-39-65(54)80-72(55)61)81-69-44-53(76(49-27-10-3-11-28-49)50-29-12-4-13-30-50)42-64-71(69)73(59)56-35-17-19-37-60(56)77(64)51-31-14-5-15-32-51/h1-46H. The molecule has 4 aliphatic heterocycles. The number of benzene rings is 12. The number of nitrogens with zero attached hydrogens (tertiary/aromatic N) is 4. The molecular weight excluding hydrogens is 1010 g/mol. The van der Waals surface area contributed by atoms with Crippen LogP contribution >= 0.6 is 11.8 Å². The molecule has 81 heavy (non-hydrogen) atoms. The van der Waals surface area contributed by atoms with Gasteiger partial charge in [-0.3, -0.25) is 0 Å². The van der Waals surface area contributed by atoms with Crippen LogP contribution in [0.15, 0.2) is 293 Å². The molecule has 6 nitrogen and oxygen atoms in total. The number of rotatable bonds is 8. The summed E-state index contributed by atoms with van der Waals surface area (Å²) in [4.78, 5) is 12.1. The lowest BCUT2D eigenvalue weighted by Crippen LogP contribution is -2.63. The summed E-state index contributed by atoms with van der Waals surface area (Å²) in [5.74, 6) is 1.68. The summed E-state index contributed by atoms with van der Waals surface area (Å²) >= 11 is 1.88. The van der Waals surface area contributed by atoms with E-state index in [4.69, 9.17) is 9.15 Å². The quantitative estimate of drug-likeness (QED) is 0.140. The van der Waals surface area contributed by atoms with E-state index in [-0.39, 0.29) is 13.4 Å². The van der Waals surface area contributed by atoms with E-state index in [1.54, 1.807) is 0 Å². The van der Waals surface area contributed by atoms with Crippen molar-refractivity contribution in [2.45, 2.75) is 9.79 Å². The number of fused-ring (bicyclic) bond motifs is 11. The Morgan fingerprint density at radius 3 is 1.53 bits per heavy atom. The van der Waals surface area contributed by atoms with Crippen LogP contribution < -0.4 is 57.1 Å². The maximum absolute atomic E-state index is 7.25. The molecular formula is C72H46B2N4O2S. The molecule has 0 unspecified atom stereocenters. The molecule has 17 rings (SSSR count). The van der Waals surface area contributed by atoms with Crippen LogP contribution in [0.4, 0.5) is 68.2 Å². The summed E-state index contributed by atoms with van der Waals surface area (Å²) in [7, 11) is 0. The van der Waals surface area contributed by atoms with Crippen molar-refractivity contribution in [3.8, 4) is 11.5 Å². The second kappa shape index (κ2) is 18.2. The van der Waals surface area contributed by atoms with Gasteiger partial charge in [-0.2, -0.15) is 0 Å². The van der Waals surface area contributed by atoms with E-state index >= 15 is 0 Å². The molecule has 5 heterocycles. The molecule has 0 saturated heterocycles. The topological polar surface area (TPSA) is 35.3 Å². The lowest BCUT2D eigenvalue weighted by Gasteiger charge is -2.44. The Balaban J connectivity index is 0.957. The maximum atomic E-state index is 7.25. The van der Waals surface area contributed by atoms with Gasteiger partial charge in [0.15, 0.2) is 5.58 Å². The van der Waals surface area contributed by atoms with E-state index in [9.17, 15) is 0 Å². The van der Waals surface area contributed by atoms with Crippen LogP contribution in [0.5, 0.6) is 11.5 Å². The number of hydrogen-bond donors (Lipinski definition) is 0. The fourth-order valence-electron chi connectivity index (χ4n) is 13.3. The third-order valence-electron chi connectivity index (χ3n) is 16.7. The molecule has 0 saturated carbocycles. The highest BCUT2D eigenvalue weighted by molar-refractivity contribution is 8.00. The molecule has 0 atom stereocenters. The van der Waals surface area contributed by atoms with Crippen molar-refractivity contribution in [1.29, 1.82) is 0 Å². The normalized spacial score (nSPS) is 13.1. The molecule has 0 fully saturated rings. The van der Waals surface area contributed by atoms with Crippen molar-refractivity contribution >= 4 is 148 Å². The Labute approximate surface area is 474 Å². The van der Waals surface area contributed by atoms with Crippen molar-refractivity contribution in [3.05, 3.63) is 279 Å². The van der Waals surface area contributed by atoms with E-state index in [0.29, 0.717) is 0 Å². The summed E-state index contributed by atoms with van der Waals surface area (Å²) in [6, 6.07) is 101. The van der Waals surface area contributed by atoms with Crippen LogP contribution in [-0.4, -0.2) is 13.4 Å². The van der Waals surface area contributed by atoms with Gasteiger partial charge in [0.2, 0.25) is 6.71 Å². The minimum atomic E-state index is -0.166. The van der Waals surface area contributed by atoms with Crippen LogP contribution in [-0.2, 0) is 0 Å². The van der Waals surface area contributed by atoms with E-state index in [2.05, 4.69) is 299 Å². The van der Waals surface area contributed by atoms with Gasteiger partial charge in [-0.1, -0.05) is 181 Å². The van der Waals surface area contributed by atoms with Crippen molar-refractivity contribution in [3.63, 3.8) is 0 Å². The minimum Gasteiger partial charge on any atom is -0.458 e. The molecule has 9 heteroatoms. The predicted molar refractivity (Wildman–Crippen MR) is 339 cm³/mol. The summed E-state index contributed by atoms with van der Waals surface area (Å²) in [6.07, 6.45) is 0. The fourth-order valence-corrected chi connectivity index (χ4v) is 14.6. The average Bonchev–Trinajstić information content (AvgIpc) is 3.68. The highest BCUT2D eigenvalue weighted by Gasteiger charge is 2.47. The van der Waals surface area contributed by atoms with Crippen LogP contribution in [0.3, 0.4) is 0 Å². The number of furan rings is 1. The highest BCUT2D eigenvalue weighted by atomic mass is 32.2. The van der Waals surface area contributed by atoms with Gasteiger partial charge in [0.25, 0.3) is 6.71 Å². The lowest BCUT2D eigenvalue weighted by molar-refractivity contribution is 0.487. The molecule has 0 radical (unpaired) electrons. The first-order valence-electron chi connectivity index (χ1n) is 27.6. The number of hydrogen-bond acceptors (Lipinski definition) is 7. The Kier molecular flexibility index (Phi) is 10.3. The monoisotopic (exact) mass is 1050 g/mol. The average molecular weight is 1050 g/mol. The summed E-state index contributed by atoms with van der Waals surface area (Å²) < 4.78 is 14.3. The molecule has 13 aromatic rings. The Morgan fingerprint density at radius 1 is 0.321 bits per heavy atom. The van der Waals surface area contributed by atoms with E-state index < -0.39 is 0 Å². The first-order valence-corrected chi connectivity index (χ1v) is 28.5. The zero-order valence-corrected chi connectivity index (χ0v) is 44.5. The van der Waals surface area contributed by atoms with E-state index in [1.165, 1.54) is 43.0 Å². The predicted octanol–water partition coefficient (Wildman–Crippen LogP) is 15.7. The van der Waals surface area contributed by atoms with Gasteiger partial charge in [0, 0.05) is 83.5 Å². The largest absolute Gasteiger partial charge is 0.458 e. The number of ether oxygens (including phenoxy) is 1. The van der Waals surface area contributed by atoms with Crippen LogP contribution in [0.1, 0.15) is 0 Å². The number of para-hydroxylation sites is 9. The molecule has 0 bridgehead atoms. The molecule has 12 aromatic carbocycles. The Morgan fingerprint density at radius 2 is 0.852 bits per heavy atom. The van der Waals surface area contributed by atoms with Gasteiger partial charge in [-0.05, 0) is 137 Å². The zero-order valence-electron chi connectivity index (χ0n) is 43.7. The van der Waals surface area contributed by atoms with Crippen LogP contribution in [0.25, 0.3) is 21.9 Å². The van der Waals surface area contributed by atoms with Crippen LogP contribution in [0.2, 0.25) is 0 Å². The van der Waals surface area contributed by atoms with Gasteiger partial charge in [-0.15, -0.1) is 0 Å². The minimum absolute atomic E-state index is 0.0838. The highest BCUT2D eigenvalue weighted by Crippen LogP contribution is 2.51. The molecule has 1 aromatic heterocycles. The van der Waals surface area contributed by atoms with Crippen molar-refractivity contribution in [2.75, 3.05) is 19.6 Å². The lowest BCUT2D eigenvalue weighted by atomic mass is 9.31. The third kappa shape index (κ3) is 7.11. The Bertz CT molecular complexity index is 4560. The van der Waals surface area contributed by atoms with Crippen molar-refractivity contribution in [1.82, 2.24) is 0 Å². The molecule has 0 N–H and O–H groups in total. The van der Waals surface area contributed by atoms with Crippen molar-refractivity contribution < 1.29 is 9.15 Å². The molecule has 0 spiro atoms. The molecule has 0 amide bonds. The van der Waals surface area contributed by atoms with Crippen molar-refractivity contribution in [2.24, 2.45) is 0 Å². The summed E-state index contributed by atoms with van der Waals surface area (Å²) in [6.45, 7) is -0.250. The fraction of sp³-hybridized carbons (Fsp3) is 0. The van der Waals surface area contributed by atoms with Gasteiger partial charge in [0.05, 0.1) is 11.4 Å². The maximum Gasteiger partial charge on any atom is 0.256 e. The second-order valence-corrected chi connectivity index (χ2v) is 22.2. The van der Waals surface area contributed by atoms with Gasteiger partial charge in [0.1, 0.15) is 17.1 Å². The first kappa shape index (κ1) is 45.9. The molecule has 4 aliphatic rings. The third-order valence-corrected chi connectivity index (χ3v) is 17.8. The summed E-state index contributed by atoms with van der Waals surface area (Å²) in [5.41, 5.74) is 21.9. The molecule has 378 valence electrons. The smallest absolute Gasteiger partial charge is 0.256 e. The van der Waals surface area contributed by atoms with E-state index in [1.807, 2.05) is 11.8 Å². The number of anilines is 12. The first-order chi connectivity index (χ1) is 40.2. The second-order valence-electron chi connectivity index (χ2n) is 21.1. The van der Waals surface area contributed by atoms with Crippen LogP contribution in [0, 0.1) is 0 Å². The SMILES string of the molecule is c1ccc(N(c2ccccc2)c2cc3c4c(c2)N(c2cccc5c2oc2ccccc25)c2cc5c(cc2B4c2ccccc2O3)B2c3ccccc3N(c3ccccc3)c3cc(N(c4ccccc4)c4ccccc4)cc(c32)S5)cc1. The van der Waals surface area contributed by atoms with Gasteiger partial charge < -0.3 is 28.8 Å². The molecule has 0 aliphatic carbocycles. The Hall–Kier alpha value is -10.1. The van der Waals surface area contributed by atoms with Gasteiger partial charge >= 0.3 is 0 Å². The van der Waals surface area contributed by atoms with Gasteiger partial charge in [-0.25, -0.2) is 0 Å². The summed E-state index contributed by atoms with van der Waals surface area (Å²) in [5, 5.41) is 2.15.